The molecule has 2 heterocycles. The summed E-state index contributed by atoms with van der Waals surface area (Å²) in [7, 11) is 0. The third kappa shape index (κ3) is 3.16. The van der Waals surface area contributed by atoms with E-state index in [0.717, 1.165) is 0 Å². The van der Waals surface area contributed by atoms with Crippen LogP contribution < -0.4 is 4.90 Å². The highest BCUT2D eigenvalue weighted by molar-refractivity contribution is 6.15. The van der Waals surface area contributed by atoms with Gasteiger partial charge in [0.2, 0.25) is 11.6 Å². The zero-order valence-electron chi connectivity index (χ0n) is 17.3. The molecule has 1 aromatic rings. The predicted molar refractivity (Wildman–Crippen MR) is 106 cm³/mol. The number of ether oxygens (including phenoxy) is 1. The van der Waals surface area contributed by atoms with Gasteiger partial charge in [-0.2, -0.15) is 0 Å². The number of anilines is 1. The summed E-state index contributed by atoms with van der Waals surface area (Å²) in [5.41, 5.74) is -0.789. The van der Waals surface area contributed by atoms with Crippen LogP contribution in [0.2, 0.25) is 0 Å². The molecular formula is C21H27N3O5. The van der Waals surface area contributed by atoms with Crippen molar-refractivity contribution in [2.24, 2.45) is 0 Å². The number of esters is 1. The highest BCUT2D eigenvalue weighted by Gasteiger charge is 2.62. The van der Waals surface area contributed by atoms with Crippen molar-refractivity contribution >= 4 is 29.4 Å². The molecule has 8 nitrogen and oxygen atoms in total. The summed E-state index contributed by atoms with van der Waals surface area (Å²) in [6, 6.07) is 6.41. The van der Waals surface area contributed by atoms with Crippen molar-refractivity contribution < 1.29 is 23.9 Å². The van der Waals surface area contributed by atoms with E-state index in [-0.39, 0.29) is 36.6 Å². The van der Waals surface area contributed by atoms with Crippen LogP contribution in [-0.2, 0) is 19.1 Å². The highest BCUT2D eigenvalue weighted by atomic mass is 16.5. The van der Waals surface area contributed by atoms with Gasteiger partial charge in [-0.15, -0.1) is 0 Å². The fourth-order valence-electron chi connectivity index (χ4n) is 4.28. The summed E-state index contributed by atoms with van der Waals surface area (Å²) in [5, 5.41) is 0. The van der Waals surface area contributed by atoms with E-state index in [0.29, 0.717) is 24.3 Å². The Morgan fingerprint density at radius 1 is 1.17 bits per heavy atom. The van der Waals surface area contributed by atoms with Crippen LogP contribution in [0, 0.1) is 0 Å². The molecule has 3 amide bonds. The monoisotopic (exact) mass is 401 g/mol. The van der Waals surface area contributed by atoms with Crippen molar-refractivity contribution in [3.05, 3.63) is 29.8 Å². The van der Waals surface area contributed by atoms with Crippen LogP contribution in [0.25, 0.3) is 0 Å². The lowest BCUT2D eigenvalue weighted by molar-refractivity contribution is -0.163. The molecule has 0 unspecified atom stereocenters. The Bertz CT molecular complexity index is 848. The van der Waals surface area contributed by atoms with Crippen molar-refractivity contribution in [3.8, 4) is 0 Å². The van der Waals surface area contributed by atoms with Crippen LogP contribution >= 0.6 is 0 Å². The number of rotatable bonds is 6. The molecule has 0 aliphatic carbocycles. The molecule has 1 fully saturated rings. The molecule has 0 bridgehead atoms. The van der Waals surface area contributed by atoms with Gasteiger partial charge in [0.05, 0.1) is 11.3 Å². The zero-order chi connectivity index (χ0) is 21.3. The summed E-state index contributed by atoms with van der Waals surface area (Å²) in [6.45, 7) is 7.87. The largest absolute Gasteiger partial charge is 0.452 e. The number of fused-ring (bicyclic) bond motifs is 3. The molecule has 8 heteroatoms. The van der Waals surface area contributed by atoms with Crippen molar-refractivity contribution in [2.75, 3.05) is 24.6 Å². The van der Waals surface area contributed by atoms with Crippen LogP contribution in [0.15, 0.2) is 24.3 Å². The summed E-state index contributed by atoms with van der Waals surface area (Å²) in [6.07, 6.45) is 0.242. The maximum absolute atomic E-state index is 13.3. The molecule has 2 aliphatic rings. The Kier molecular flexibility index (Phi) is 5.64. The number of carbonyl (C=O) groups is 4. The normalized spacial score (nSPS) is 20.6. The van der Waals surface area contributed by atoms with E-state index in [9.17, 15) is 19.2 Å². The topological polar surface area (TPSA) is 87.2 Å². The zero-order valence-corrected chi connectivity index (χ0v) is 17.3. The van der Waals surface area contributed by atoms with Crippen molar-refractivity contribution in [1.82, 2.24) is 9.80 Å². The van der Waals surface area contributed by atoms with Gasteiger partial charge in [0.15, 0.2) is 6.61 Å². The second-order valence-corrected chi connectivity index (χ2v) is 7.47. The Balaban J connectivity index is 2.01. The minimum atomic E-state index is -1.57. The number of likely N-dealkylation sites (N-methyl/N-ethyl adjacent to an activating group) is 1. The molecule has 2 aliphatic heterocycles. The van der Waals surface area contributed by atoms with Gasteiger partial charge < -0.3 is 14.5 Å². The summed E-state index contributed by atoms with van der Waals surface area (Å²) >= 11 is 0. The van der Waals surface area contributed by atoms with Gasteiger partial charge in [0.1, 0.15) is 0 Å². The molecule has 1 saturated heterocycles. The standard InChI is InChI=1S/C21H27N3O5/c1-5-22(6-2)18(26)13-29-20(28)21-12-11-17(25)24(21)16-10-8-7-9-15(16)19(27)23(21)14(3)4/h7-10,14H,5-6,11-13H2,1-4H3/t21-/m0/s1. The first kappa shape index (κ1) is 20.8. The number of amides is 3. The lowest BCUT2D eigenvalue weighted by atomic mass is 9.95. The number of nitrogens with zero attached hydrogens (tertiary/aromatic N) is 3. The molecule has 29 heavy (non-hydrogen) atoms. The van der Waals surface area contributed by atoms with Crippen molar-refractivity contribution in [1.29, 1.82) is 0 Å². The fraction of sp³-hybridized carbons (Fsp3) is 0.524. The second-order valence-electron chi connectivity index (χ2n) is 7.47. The van der Waals surface area contributed by atoms with Gasteiger partial charge in [-0.05, 0) is 39.8 Å². The van der Waals surface area contributed by atoms with E-state index in [1.807, 2.05) is 13.8 Å². The average Bonchev–Trinajstić information content (AvgIpc) is 3.05. The Morgan fingerprint density at radius 3 is 2.45 bits per heavy atom. The number of benzene rings is 1. The quantitative estimate of drug-likeness (QED) is 0.678. The van der Waals surface area contributed by atoms with E-state index in [4.69, 9.17) is 4.74 Å². The lowest BCUT2D eigenvalue weighted by Crippen LogP contribution is -2.70. The molecule has 3 rings (SSSR count). The second kappa shape index (κ2) is 7.85. The van der Waals surface area contributed by atoms with Gasteiger partial charge >= 0.3 is 5.97 Å². The predicted octanol–water partition coefficient (Wildman–Crippen LogP) is 1.79. The minimum absolute atomic E-state index is 0.115. The third-order valence-electron chi connectivity index (χ3n) is 5.59. The molecule has 156 valence electrons. The van der Waals surface area contributed by atoms with Gasteiger partial charge in [0.25, 0.3) is 11.8 Å². The van der Waals surface area contributed by atoms with Gasteiger partial charge in [-0.25, -0.2) is 4.79 Å². The third-order valence-corrected chi connectivity index (χ3v) is 5.59. The SMILES string of the molecule is CCN(CC)C(=O)COC(=O)[C@]12CCC(=O)N1c1ccccc1C(=O)N2C(C)C. The summed E-state index contributed by atoms with van der Waals surface area (Å²) in [5.74, 6) is -1.63. The number of para-hydroxylation sites is 1. The van der Waals surface area contributed by atoms with Crippen LogP contribution in [0.3, 0.4) is 0 Å². The number of hydrogen-bond donors (Lipinski definition) is 0. The molecule has 0 spiro atoms. The van der Waals surface area contributed by atoms with E-state index in [2.05, 4.69) is 0 Å². The van der Waals surface area contributed by atoms with Crippen LogP contribution in [-0.4, -0.2) is 64.9 Å². The molecular weight excluding hydrogens is 374 g/mol. The smallest absolute Gasteiger partial charge is 0.354 e. The molecule has 0 aromatic heterocycles. The first-order valence-corrected chi connectivity index (χ1v) is 10.00. The Labute approximate surface area is 170 Å². The van der Waals surface area contributed by atoms with Crippen LogP contribution in [0.5, 0.6) is 0 Å². The van der Waals surface area contributed by atoms with Crippen molar-refractivity contribution in [2.45, 2.75) is 52.2 Å². The lowest BCUT2D eigenvalue weighted by Gasteiger charge is -2.50. The first-order chi connectivity index (χ1) is 13.8. The van der Waals surface area contributed by atoms with Gasteiger partial charge in [0, 0.05) is 32.0 Å². The number of hydrogen-bond acceptors (Lipinski definition) is 5. The van der Waals surface area contributed by atoms with Gasteiger partial charge in [-0.1, -0.05) is 12.1 Å². The molecule has 0 N–H and O–H groups in total. The van der Waals surface area contributed by atoms with Gasteiger partial charge in [-0.3, -0.25) is 19.3 Å². The minimum Gasteiger partial charge on any atom is -0.452 e. The molecule has 0 saturated carbocycles. The molecule has 1 aromatic carbocycles. The highest BCUT2D eigenvalue weighted by Crippen LogP contribution is 2.45. The average molecular weight is 401 g/mol. The van der Waals surface area contributed by atoms with E-state index in [1.165, 1.54) is 9.80 Å². The molecule has 0 radical (unpaired) electrons. The fourth-order valence-corrected chi connectivity index (χ4v) is 4.28. The summed E-state index contributed by atoms with van der Waals surface area (Å²) < 4.78 is 5.41. The maximum Gasteiger partial charge on any atom is 0.354 e. The Morgan fingerprint density at radius 2 is 1.83 bits per heavy atom. The summed E-state index contributed by atoms with van der Waals surface area (Å²) in [4.78, 5) is 56.1. The molecule has 1 atom stereocenters. The van der Waals surface area contributed by atoms with E-state index in [1.54, 1.807) is 43.0 Å². The Hall–Kier alpha value is -2.90. The number of carbonyl (C=O) groups excluding carboxylic acids is 4. The van der Waals surface area contributed by atoms with Crippen LogP contribution in [0.4, 0.5) is 5.69 Å². The van der Waals surface area contributed by atoms with E-state index >= 15 is 0 Å². The first-order valence-electron chi connectivity index (χ1n) is 10.00. The van der Waals surface area contributed by atoms with Crippen molar-refractivity contribution in [3.63, 3.8) is 0 Å². The maximum atomic E-state index is 13.3. The van der Waals surface area contributed by atoms with Crippen LogP contribution in [0.1, 0.15) is 50.9 Å². The van der Waals surface area contributed by atoms with E-state index < -0.39 is 18.2 Å².